The van der Waals surface area contributed by atoms with Crippen LogP contribution in [0, 0.1) is 5.92 Å². The Labute approximate surface area is 124 Å². The molecule has 2 heterocycles. The molecule has 0 unspecified atom stereocenters. The smallest absolute Gasteiger partial charge is 0.264 e. The van der Waals surface area contributed by atoms with Gasteiger partial charge in [-0.05, 0) is 44.6 Å². The van der Waals surface area contributed by atoms with Crippen molar-refractivity contribution in [3.05, 3.63) is 0 Å². The third-order valence-corrected chi connectivity index (χ3v) is 5.43. The summed E-state index contributed by atoms with van der Waals surface area (Å²) in [5, 5.41) is 0. The van der Waals surface area contributed by atoms with E-state index < -0.39 is 10.1 Å². The highest BCUT2D eigenvalue weighted by Gasteiger charge is 2.39. The van der Waals surface area contributed by atoms with Crippen LogP contribution in [0.1, 0.15) is 58.3 Å². The molecule has 3 atom stereocenters. The van der Waals surface area contributed by atoms with Gasteiger partial charge in [0.1, 0.15) is 0 Å². The van der Waals surface area contributed by atoms with E-state index in [9.17, 15) is 8.42 Å². The van der Waals surface area contributed by atoms with Crippen LogP contribution in [-0.2, 0) is 14.3 Å². The molecule has 0 aromatic rings. The topological polar surface area (TPSA) is 46.6 Å². The second-order valence-corrected chi connectivity index (χ2v) is 8.07. The van der Waals surface area contributed by atoms with Crippen molar-refractivity contribution >= 4 is 10.1 Å². The van der Waals surface area contributed by atoms with Crippen LogP contribution in [0.25, 0.3) is 0 Å². The van der Waals surface area contributed by atoms with Gasteiger partial charge in [0.05, 0.1) is 12.9 Å². The minimum absolute atomic E-state index is 0.377. The maximum absolute atomic E-state index is 11.2. The Hall–Kier alpha value is -0.130. The van der Waals surface area contributed by atoms with E-state index in [2.05, 4.69) is 11.8 Å². The third-order valence-electron chi connectivity index (χ3n) is 4.86. The molecule has 0 bridgehead atoms. The molecule has 0 aromatic heterocycles. The zero-order valence-corrected chi connectivity index (χ0v) is 13.7. The van der Waals surface area contributed by atoms with Crippen LogP contribution >= 0.6 is 0 Å². The highest BCUT2D eigenvalue weighted by atomic mass is 32.2. The first-order chi connectivity index (χ1) is 9.51. The van der Waals surface area contributed by atoms with Gasteiger partial charge in [0, 0.05) is 12.1 Å². The van der Waals surface area contributed by atoms with Gasteiger partial charge >= 0.3 is 0 Å². The summed E-state index contributed by atoms with van der Waals surface area (Å²) < 4.78 is 27.4. The summed E-state index contributed by atoms with van der Waals surface area (Å²) in [6, 6.07) is 1.28. The van der Waals surface area contributed by atoms with E-state index in [1.165, 1.54) is 51.5 Å². The Morgan fingerprint density at radius 1 is 1.20 bits per heavy atom. The van der Waals surface area contributed by atoms with Crippen LogP contribution in [0.5, 0.6) is 0 Å². The van der Waals surface area contributed by atoms with Gasteiger partial charge in [0.25, 0.3) is 10.1 Å². The van der Waals surface area contributed by atoms with Gasteiger partial charge in [-0.15, -0.1) is 0 Å². The molecule has 118 valence electrons. The second kappa shape index (κ2) is 7.23. The van der Waals surface area contributed by atoms with Crippen molar-refractivity contribution in [2.75, 3.05) is 19.4 Å². The van der Waals surface area contributed by atoms with E-state index in [0.717, 1.165) is 18.7 Å². The molecular weight excluding hydrogens is 274 g/mol. The lowest BCUT2D eigenvalue weighted by Gasteiger charge is -2.42. The zero-order valence-electron chi connectivity index (χ0n) is 12.9. The molecule has 0 aliphatic carbocycles. The monoisotopic (exact) mass is 303 g/mol. The summed E-state index contributed by atoms with van der Waals surface area (Å²) in [4.78, 5) is 2.65. The van der Waals surface area contributed by atoms with Crippen molar-refractivity contribution in [3.63, 3.8) is 0 Å². The van der Waals surface area contributed by atoms with Gasteiger partial charge in [0.15, 0.2) is 0 Å². The largest absolute Gasteiger partial charge is 0.297 e. The Balaban J connectivity index is 1.87. The van der Waals surface area contributed by atoms with Crippen molar-refractivity contribution in [1.82, 2.24) is 4.90 Å². The summed E-state index contributed by atoms with van der Waals surface area (Å²) in [5.41, 5.74) is 0. The molecule has 0 saturated carbocycles. The number of rotatable bonds is 7. The Kier molecular flexibility index (Phi) is 5.87. The summed E-state index contributed by atoms with van der Waals surface area (Å²) in [5.74, 6) is 0.398. The molecule has 0 N–H and O–H groups in total. The van der Waals surface area contributed by atoms with Crippen LogP contribution in [0.3, 0.4) is 0 Å². The van der Waals surface area contributed by atoms with E-state index in [0.29, 0.717) is 18.6 Å². The van der Waals surface area contributed by atoms with Crippen LogP contribution < -0.4 is 0 Å². The average Bonchev–Trinajstić information content (AvgIpc) is 2.86. The molecule has 20 heavy (non-hydrogen) atoms. The van der Waals surface area contributed by atoms with E-state index in [-0.39, 0.29) is 0 Å². The van der Waals surface area contributed by atoms with Crippen LogP contribution in [0.15, 0.2) is 0 Å². The maximum atomic E-state index is 11.2. The Bertz CT molecular complexity index is 396. The molecule has 2 aliphatic heterocycles. The second-order valence-electron chi connectivity index (χ2n) is 6.42. The molecule has 0 aromatic carbocycles. The Morgan fingerprint density at radius 2 is 2.00 bits per heavy atom. The highest BCUT2D eigenvalue weighted by molar-refractivity contribution is 7.85. The van der Waals surface area contributed by atoms with E-state index >= 15 is 0 Å². The summed E-state index contributed by atoms with van der Waals surface area (Å²) in [6.07, 6.45) is 11.2. The summed E-state index contributed by atoms with van der Waals surface area (Å²) in [7, 11) is -3.30. The van der Waals surface area contributed by atoms with Gasteiger partial charge in [-0.2, -0.15) is 8.42 Å². The number of hydrogen-bond acceptors (Lipinski definition) is 4. The van der Waals surface area contributed by atoms with Gasteiger partial charge < -0.3 is 0 Å². The quantitative estimate of drug-likeness (QED) is 0.536. The van der Waals surface area contributed by atoms with E-state index in [1.807, 2.05) is 0 Å². The predicted molar refractivity (Wildman–Crippen MR) is 81.2 cm³/mol. The molecular formula is C15H29NO3S. The molecule has 5 heteroatoms. The molecule has 2 aliphatic rings. The fourth-order valence-electron chi connectivity index (χ4n) is 3.88. The van der Waals surface area contributed by atoms with E-state index in [4.69, 9.17) is 4.18 Å². The fourth-order valence-corrected chi connectivity index (χ4v) is 4.31. The van der Waals surface area contributed by atoms with Gasteiger partial charge in [-0.1, -0.05) is 26.2 Å². The molecule has 2 fully saturated rings. The van der Waals surface area contributed by atoms with Crippen molar-refractivity contribution < 1.29 is 12.6 Å². The van der Waals surface area contributed by atoms with Crippen LogP contribution in [0.2, 0.25) is 0 Å². The normalized spacial score (nSPS) is 31.4. The van der Waals surface area contributed by atoms with Gasteiger partial charge in [-0.25, -0.2) is 0 Å². The maximum Gasteiger partial charge on any atom is 0.264 e. The van der Waals surface area contributed by atoms with E-state index in [1.54, 1.807) is 0 Å². The SMILES string of the molecule is CCCCC[C@@H]1CC[C@@H](COS(C)(=O)=O)[C@@H]2CCCN12. The predicted octanol–water partition coefficient (Wildman–Crippen LogP) is 2.79. The third kappa shape index (κ3) is 4.43. The van der Waals surface area contributed by atoms with Crippen molar-refractivity contribution in [2.45, 2.75) is 70.4 Å². The standard InChI is InChI=1S/C15H29NO3S/c1-3-4-5-7-14-10-9-13(12-19-20(2,17)18)15-8-6-11-16(14)15/h13-15H,3-12H2,1-2H3/t13-,14+,15-/m0/s1. The Morgan fingerprint density at radius 3 is 2.70 bits per heavy atom. The first kappa shape index (κ1) is 16.2. The summed E-state index contributed by atoms with van der Waals surface area (Å²) >= 11 is 0. The number of piperidine rings is 1. The number of nitrogens with zero attached hydrogens (tertiary/aromatic N) is 1. The minimum Gasteiger partial charge on any atom is -0.297 e. The minimum atomic E-state index is -3.30. The molecule has 2 rings (SSSR count). The van der Waals surface area contributed by atoms with Crippen molar-refractivity contribution in [2.24, 2.45) is 5.92 Å². The number of unbranched alkanes of at least 4 members (excludes halogenated alkanes) is 2. The first-order valence-electron chi connectivity index (χ1n) is 8.11. The van der Waals surface area contributed by atoms with Gasteiger partial charge in [-0.3, -0.25) is 9.08 Å². The van der Waals surface area contributed by atoms with Gasteiger partial charge in [0.2, 0.25) is 0 Å². The van der Waals surface area contributed by atoms with Crippen molar-refractivity contribution in [1.29, 1.82) is 0 Å². The lowest BCUT2D eigenvalue weighted by atomic mass is 9.85. The molecule has 0 amide bonds. The van der Waals surface area contributed by atoms with Crippen LogP contribution in [-0.4, -0.2) is 44.8 Å². The zero-order chi connectivity index (χ0) is 14.6. The van der Waals surface area contributed by atoms with Crippen molar-refractivity contribution in [3.8, 4) is 0 Å². The highest BCUT2D eigenvalue weighted by Crippen LogP contribution is 2.37. The molecule has 0 radical (unpaired) electrons. The summed E-state index contributed by atoms with van der Waals surface area (Å²) in [6.45, 7) is 3.82. The lowest BCUT2D eigenvalue weighted by Crippen LogP contribution is -2.48. The molecule has 0 spiro atoms. The lowest BCUT2D eigenvalue weighted by molar-refractivity contribution is 0.0460. The number of hydrogen-bond donors (Lipinski definition) is 0. The molecule has 2 saturated heterocycles. The van der Waals surface area contributed by atoms with Crippen LogP contribution in [0.4, 0.5) is 0 Å². The average molecular weight is 303 g/mol. The fraction of sp³-hybridized carbons (Fsp3) is 1.00. The first-order valence-corrected chi connectivity index (χ1v) is 9.93. The molecule has 4 nitrogen and oxygen atoms in total. The number of fused-ring (bicyclic) bond motifs is 1.